The summed E-state index contributed by atoms with van der Waals surface area (Å²) in [4.78, 5) is 10.1. The standard InChI is InChI=1S/C11H18O2/c1-7-10(4)11(5,6)13-12-8-9(2)3/h1,8,10H,2-6H3. The first-order chi connectivity index (χ1) is 5.90. The fourth-order valence-electron chi connectivity index (χ4n) is 0.517. The zero-order valence-corrected chi connectivity index (χ0v) is 9.05. The van der Waals surface area contributed by atoms with Crippen LogP contribution in [0.5, 0.6) is 0 Å². The van der Waals surface area contributed by atoms with Crippen LogP contribution >= 0.6 is 0 Å². The van der Waals surface area contributed by atoms with Crippen LogP contribution in [0.2, 0.25) is 0 Å². The van der Waals surface area contributed by atoms with Crippen molar-refractivity contribution in [2.75, 3.05) is 0 Å². The van der Waals surface area contributed by atoms with Gasteiger partial charge in [-0.25, -0.2) is 0 Å². The molecule has 0 aromatic carbocycles. The van der Waals surface area contributed by atoms with Crippen molar-refractivity contribution in [1.82, 2.24) is 0 Å². The molecule has 0 amide bonds. The third-order valence-electron chi connectivity index (χ3n) is 1.84. The van der Waals surface area contributed by atoms with Crippen LogP contribution in [-0.2, 0) is 9.78 Å². The molecule has 0 aliphatic rings. The van der Waals surface area contributed by atoms with E-state index in [0.717, 1.165) is 5.57 Å². The van der Waals surface area contributed by atoms with Crippen molar-refractivity contribution in [1.29, 1.82) is 0 Å². The Kier molecular flexibility index (Phi) is 4.58. The second kappa shape index (κ2) is 4.94. The Morgan fingerprint density at radius 1 is 1.46 bits per heavy atom. The number of allylic oxidation sites excluding steroid dienone is 1. The number of hydrogen-bond donors (Lipinski definition) is 0. The molecular weight excluding hydrogens is 164 g/mol. The van der Waals surface area contributed by atoms with E-state index in [9.17, 15) is 0 Å². The van der Waals surface area contributed by atoms with Gasteiger partial charge in [-0.3, -0.25) is 0 Å². The minimum absolute atomic E-state index is 0.0121. The summed E-state index contributed by atoms with van der Waals surface area (Å²) in [6.45, 7) is 9.58. The molecule has 0 spiro atoms. The van der Waals surface area contributed by atoms with E-state index in [1.807, 2.05) is 34.6 Å². The van der Waals surface area contributed by atoms with Gasteiger partial charge in [-0.15, -0.1) is 12.3 Å². The molecular formula is C11H18O2. The molecule has 0 saturated heterocycles. The Hall–Kier alpha value is -0.940. The van der Waals surface area contributed by atoms with Crippen molar-refractivity contribution in [3.8, 4) is 12.3 Å². The molecule has 2 heteroatoms. The Morgan fingerprint density at radius 2 is 2.00 bits per heavy atom. The minimum atomic E-state index is -0.458. The lowest BCUT2D eigenvalue weighted by atomic mass is 9.94. The lowest BCUT2D eigenvalue weighted by Gasteiger charge is -2.25. The molecule has 0 fully saturated rings. The normalized spacial score (nSPS) is 12.9. The van der Waals surface area contributed by atoms with Crippen molar-refractivity contribution >= 4 is 0 Å². The Morgan fingerprint density at radius 3 is 2.38 bits per heavy atom. The monoisotopic (exact) mass is 182 g/mol. The van der Waals surface area contributed by atoms with Crippen molar-refractivity contribution in [3.63, 3.8) is 0 Å². The highest BCUT2D eigenvalue weighted by Gasteiger charge is 2.27. The highest BCUT2D eigenvalue weighted by molar-refractivity contribution is 4.98. The molecule has 0 radical (unpaired) electrons. The third kappa shape index (κ3) is 4.59. The number of rotatable bonds is 4. The van der Waals surface area contributed by atoms with E-state index in [2.05, 4.69) is 5.92 Å². The SMILES string of the molecule is C#CC(C)C(C)(C)OOC=C(C)C. The van der Waals surface area contributed by atoms with Crippen LogP contribution < -0.4 is 0 Å². The van der Waals surface area contributed by atoms with Gasteiger partial charge in [-0.1, -0.05) is 0 Å². The van der Waals surface area contributed by atoms with E-state index in [0.29, 0.717) is 0 Å². The van der Waals surface area contributed by atoms with Crippen LogP contribution in [0.25, 0.3) is 0 Å². The molecule has 13 heavy (non-hydrogen) atoms. The van der Waals surface area contributed by atoms with E-state index < -0.39 is 5.60 Å². The average Bonchev–Trinajstić information content (AvgIpc) is 2.01. The molecule has 0 rings (SSSR count). The molecule has 1 atom stereocenters. The van der Waals surface area contributed by atoms with Crippen LogP contribution in [-0.4, -0.2) is 5.60 Å². The van der Waals surface area contributed by atoms with Crippen molar-refractivity contribution < 1.29 is 9.78 Å². The smallest absolute Gasteiger partial charge is 0.128 e. The zero-order chi connectivity index (χ0) is 10.5. The third-order valence-corrected chi connectivity index (χ3v) is 1.84. The quantitative estimate of drug-likeness (QED) is 0.288. The fraction of sp³-hybridized carbons (Fsp3) is 0.636. The molecule has 0 aromatic heterocycles. The summed E-state index contributed by atoms with van der Waals surface area (Å²) in [7, 11) is 0. The number of terminal acetylenes is 1. The maximum absolute atomic E-state index is 5.29. The fourth-order valence-corrected chi connectivity index (χ4v) is 0.517. The summed E-state index contributed by atoms with van der Waals surface area (Å²) in [6, 6.07) is 0. The van der Waals surface area contributed by atoms with Gasteiger partial charge >= 0.3 is 0 Å². The van der Waals surface area contributed by atoms with Crippen molar-refractivity contribution in [2.24, 2.45) is 5.92 Å². The van der Waals surface area contributed by atoms with Gasteiger partial charge in [-0.2, -0.15) is 4.89 Å². The van der Waals surface area contributed by atoms with E-state index in [4.69, 9.17) is 16.2 Å². The molecule has 0 N–H and O–H groups in total. The van der Waals surface area contributed by atoms with Crippen molar-refractivity contribution in [3.05, 3.63) is 11.8 Å². The predicted octanol–water partition coefficient (Wildman–Crippen LogP) is 2.91. The highest BCUT2D eigenvalue weighted by atomic mass is 17.2. The lowest BCUT2D eigenvalue weighted by Crippen LogP contribution is -2.31. The summed E-state index contributed by atoms with van der Waals surface area (Å²) in [5.74, 6) is 2.63. The molecule has 0 aliphatic carbocycles. The minimum Gasteiger partial charge on any atom is -0.345 e. The van der Waals surface area contributed by atoms with Gasteiger partial charge in [0, 0.05) is 5.92 Å². The van der Waals surface area contributed by atoms with Crippen LogP contribution in [0.4, 0.5) is 0 Å². The summed E-state index contributed by atoms with van der Waals surface area (Å²) < 4.78 is 0. The van der Waals surface area contributed by atoms with Gasteiger partial charge in [-0.05, 0) is 40.2 Å². The predicted molar refractivity (Wildman–Crippen MR) is 53.7 cm³/mol. The second-order valence-corrected chi connectivity index (χ2v) is 3.87. The second-order valence-electron chi connectivity index (χ2n) is 3.87. The molecule has 2 nitrogen and oxygen atoms in total. The first kappa shape index (κ1) is 12.1. The van der Waals surface area contributed by atoms with Gasteiger partial charge < -0.3 is 4.89 Å². The average molecular weight is 182 g/mol. The van der Waals surface area contributed by atoms with E-state index in [-0.39, 0.29) is 5.92 Å². The van der Waals surface area contributed by atoms with E-state index in [1.54, 1.807) is 6.26 Å². The molecule has 0 aliphatic heterocycles. The van der Waals surface area contributed by atoms with Crippen molar-refractivity contribution in [2.45, 2.75) is 40.2 Å². The van der Waals surface area contributed by atoms with Crippen LogP contribution in [0.3, 0.4) is 0 Å². The molecule has 0 heterocycles. The summed E-state index contributed by atoms with van der Waals surface area (Å²) >= 11 is 0. The van der Waals surface area contributed by atoms with Gasteiger partial charge in [0.2, 0.25) is 0 Å². The Bertz CT molecular complexity index is 217. The Balaban J connectivity index is 4.05. The molecule has 0 bridgehead atoms. The summed E-state index contributed by atoms with van der Waals surface area (Å²) in [5.41, 5.74) is 0.588. The topological polar surface area (TPSA) is 18.5 Å². The lowest BCUT2D eigenvalue weighted by molar-refractivity contribution is -0.324. The largest absolute Gasteiger partial charge is 0.345 e. The number of hydrogen-bond acceptors (Lipinski definition) is 2. The molecule has 0 saturated carbocycles. The molecule has 1 unspecified atom stereocenters. The van der Waals surface area contributed by atoms with Gasteiger partial charge in [0.15, 0.2) is 0 Å². The van der Waals surface area contributed by atoms with E-state index in [1.165, 1.54) is 0 Å². The van der Waals surface area contributed by atoms with Crippen LogP contribution in [0.15, 0.2) is 11.8 Å². The maximum Gasteiger partial charge on any atom is 0.128 e. The zero-order valence-electron chi connectivity index (χ0n) is 9.05. The molecule has 74 valence electrons. The first-order valence-electron chi connectivity index (χ1n) is 4.34. The maximum atomic E-state index is 5.29. The summed E-state index contributed by atoms with van der Waals surface area (Å²) in [6.07, 6.45) is 6.85. The van der Waals surface area contributed by atoms with Crippen LogP contribution in [0.1, 0.15) is 34.6 Å². The van der Waals surface area contributed by atoms with Gasteiger partial charge in [0.1, 0.15) is 11.9 Å². The first-order valence-corrected chi connectivity index (χ1v) is 4.34. The van der Waals surface area contributed by atoms with E-state index >= 15 is 0 Å². The molecule has 0 aromatic rings. The van der Waals surface area contributed by atoms with Gasteiger partial charge in [0.05, 0.1) is 0 Å². The van der Waals surface area contributed by atoms with Crippen LogP contribution in [0, 0.1) is 18.3 Å². The Labute approximate surface area is 80.9 Å². The van der Waals surface area contributed by atoms with Gasteiger partial charge in [0.25, 0.3) is 0 Å². The highest BCUT2D eigenvalue weighted by Crippen LogP contribution is 2.20. The summed E-state index contributed by atoms with van der Waals surface area (Å²) in [5, 5.41) is 0.